The molecule has 0 aliphatic heterocycles. The Hall–Kier alpha value is 0.370. The number of allylic oxidation sites excluding steroid dienone is 1. The Morgan fingerprint density at radius 2 is 1.71 bits per heavy atom. The number of carboxylic acids is 1. The van der Waals surface area contributed by atoms with Crippen LogP contribution < -0.4 is 0 Å². The number of aliphatic carboxylic acids is 1. The summed E-state index contributed by atoms with van der Waals surface area (Å²) in [5.74, 6) is -1.77. The van der Waals surface area contributed by atoms with Crippen LogP contribution in [0.25, 0.3) is 0 Å². The second-order valence-corrected chi connectivity index (χ2v) is 5.70. The lowest BCUT2D eigenvalue weighted by Gasteiger charge is -2.10. The van der Waals surface area contributed by atoms with Gasteiger partial charge in [0.25, 0.3) is 0 Å². The molecule has 1 rings (SSSR count). The first-order valence-corrected chi connectivity index (χ1v) is 5.31. The second-order valence-electron chi connectivity index (χ2n) is 3.78. The molecule has 1 saturated carbocycles. The molecule has 2 atom stereocenters. The van der Waals surface area contributed by atoms with Crippen molar-refractivity contribution >= 4 is 52.4 Å². The average Bonchev–Trinajstić information content (AvgIpc) is 2.45. The standard InChI is InChI=1S/C8H8Cl4O2/c1-7(2)3(6(13)14)8(7,12)4(9)5(10)11/h3H,1-2H3,(H,13,14). The van der Waals surface area contributed by atoms with Crippen molar-refractivity contribution in [3.63, 3.8) is 0 Å². The monoisotopic (exact) mass is 276 g/mol. The molecule has 0 spiro atoms. The number of carboxylic acid groups (broad SMARTS) is 1. The average molecular weight is 278 g/mol. The lowest BCUT2D eigenvalue weighted by molar-refractivity contribution is -0.139. The van der Waals surface area contributed by atoms with Crippen molar-refractivity contribution in [1.82, 2.24) is 0 Å². The second kappa shape index (κ2) is 3.44. The minimum Gasteiger partial charge on any atom is -0.481 e. The third kappa shape index (κ3) is 1.44. The summed E-state index contributed by atoms with van der Waals surface area (Å²) < 4.78 is -0.182. The molecule has 2 nitrogen and oxygen atoms in total. The van der Waals surface area contributed by atoms with E-state index in [1.807, 2.05) is 0 Å². The lowest BCUT2D eigenvalue weighted by atomic mass is 10.1. The maximum absolute atomic E-state index is 10.9. The van der Waals surface area contributed by atoms with Crippen molar-refractivity contribution in [3.8, 4) is 0 Å². The fourth-order valence-corrected chi connectivity index (χ4v) is 3.00. The first kappa shape index (κ1) is 12.4. The van der Waals surface area contributed by atoms with Crippen LogP contribution in [0, 0.1) is 11.3 Å². The Morgan fingerprint density at radius 3 is 1.93 bits per heavy atom. The van der Waals surface area contributed by atoms with Gasteiger partial charge < -0.3 is 5.11 Å². The first-order chi connectivity index (χ1) is 6.17. The van der Waals surface area contributed by atoms with E-state index in [2.05, 4.69) is 0 Å². The van der Waals surface area contributed by atoms with Crippen molar-refractivity contribution < 1.29 is 9.90 Å². The molecule has 1 aliphatic carbocycles. The van der Waals surface area contributed by atoms with Crippen LogP contribution in [0.1, 0.15) is 13.8 Å². The number of alkyl halides is 1. The largest absolute Gasteiger partial charge is 0.481 e. The fourth-order valence-electron chi connectivity index (χ4n) is 1.74. The van der Waals surface area contributed by atoms with Gasteiger partial charge in [0.1, 0.15) is 9.37 Å². The van der Waals surface area contributed by atoms with Crippen LogP contribution in [0.4, 0.5) is 0 Å². The van der Waals surface area contributed by atoms with Gasteiger partial charge in [0, 0.05) is 5.41 Å². The van der Waals surface area contributed by atoms with Crippen LogP contribution in [0.5, 0.6) is 0 Å². The van der Waals surface area contributed by atoms with Crippen molar-refractivity contribution in [1.29, 1.82) is 0 Å². The number of rotatable bonds is 2. The molecular formula is C8H8Cl4O2. The minimum absolute atomic E-state index is 0.0000926. The van der Waals surface area contributed by atoms with Gasteiger partial charge in [-0.25, -0.2) is 0 Å². The topological polar surface area (TPSA) is 37.3 Å². The van der Waals surface area contributed by atoms with E-state index in [1.54, 1.807) is 13.8 Å². The van der Waals surface area contributed by atoms with Gasteiger partial charge in [0.2, 0.25) is 0 Å². The molecule has 0 bridgehead atoms. The van der Waals surface area contributed by atoms with Crippen LogP contribution in [-0.2, 0) is 4.79 Å². The summed E-state index contributed by atoms with van der Waals surface area (Å²) in [6.45, 7) is 3.41. The fraction of sp³-hybridized carbons (Fsp3) is 0.625. The van der Waals surface area contributed by atoms with E-state index in [-0.39, 0.29) is 9.52 Å². The first-order valence-electron chi connectivity index (χ1n) is 3.80. The number of halogens is 4. The molecule has 80 valence electrons. The summed E-state index contributed by atoms with van der Waals surface area (Å²) in [5, 5.41) is 8.90. The molecule has 0 amide bonds. The van der Waals surface area contributed by atoms with Crippen molar-refractivity contribution in [3.05, 3.63) is 9.52 Å². The molecule has 0 aromatic carbocycles. The quantitative estimate of drug-likeness (QED) is 0.784. The lowest BCUT2D eigenvalue weighted by Crippen LogP contribution is -2.11. The van der Waals surface area contributed by atoms with Crippen molar-refractivity contribution in [2.75, 3.05) is 0 Å². The maximum atomic E-state index is 10.9. The van der Waals surface area contributed by atoms with E-state index >= 15 is 0 Å². The normalized spacial score (nSPS) is 33.7. The summed E-state index contributed by atoms with van der Waals surface area (Å²) in [6, 6.07) is 0. The van der Waals surface area contributed by atoms with Gasteiger partial charge in [0.15, 0.2) is 0 Å². The highest BCUT2D eigenvalue weighted by atomic mass is 35.5. The number of carbonyl (C=O) groups is 1. The molecule has 0 radical (unpaired) electrons. The van der Waals surface area contributed by atoms with Gasteiger partial charge in [-0.15, -0.1) is 11.6 Å². The highest BCUT2D eigenvalue weighted by molar-refractivity contribution is 6.61. The van der Waals surface area contributed by atoms with E-state index in [9.17, 15) is 4.79 Å². The third-order valence-corrected chi connectivity index (χ3v) is 4.76. The van der Waals surface area contributed by atoms with Crippen LogP contribution in [0.3, 0.4) is 0 Å². The molecule has 1 N–H and O–H groups in total. The van der Waals surface area contributed by atoms with E-state index in [1.165, 1.54) is 0 Å². The number of hydrogen-bond acceptors (Lipinski definition) is 1. The molecule has 0 heterocycles. The van der Waals surface area contributed by atoms with Gasteiger partial charge in [0.05, 0.1) is 11.0 Å². The molecule has 1 fully saturated rings. The molecular weight excluding hydrogens is 270 g/mol. The Kier molecular flexibility index (Phi) is 3.06. The van der Waals surface area contributed by atoms with E-state index in [0.29, 0.717) is 0 Å². The Labute approximate surface area is 102 Å². The maximum Gasteiger partial charge on any atom is 0.309 e. The Morgan fingerprint density at radius 1 is 1.29 bits per heavy atom. The van der Waals surface area contributed by atoms with Crippen molar-refractivity contribution in [2.45, 2.75) is 18.7 Å². The Balaban J connectivity index is 3.13. The van der Waals surface area contributed by atoms with E-state index in [0.717, 1.165) is 0 Å². The molecule has 1 aliphatic rings. The van der Waals surface area contributed by atoms with Crippen LogP contribution in [-0.4, -0.2) is 16.0 Å². The highest BCUT2D eigenvalue weighted by Gasteiger charge is 2.76. The highest BCUT2D eigenvalue weighted by Crippen LogP contribution is 2.71. The summed E-state index contributed by atoms with van der Waals surface area (Å²) >= 11 is 22.9. The Bertz CT molecular complexity index is 319. The molecule has 0 saturated heterocycles. The predicted molar refractivity (Wildman–Crippen MR) is 58.1 cm³/mol. The molecule has 0 aromatic rings. The summed E-state index contributed by atoms with van der Waals surface area (Å²) in [5.41, 5.74) is -0.646. The smallest absolute Gasteiger partial charge is 0.309 e. The van der Waals surface area contributed by atoms with Crippen molar-refractivity contribution in [2.24, 2.45) is 11.3 Å². The molecule has 0 aromatic heterocycles. The van der Waals surface area contributed by atoms with Crippen LogP contribution >= 0.6 is 46.4 Å². The van der Waals surface area contributed by atoms with Gasteiger partial charge >= 0.3 is 5.97 Å². The third-order valence-electron chi connectivity index (χ3n) is 2.71. The van der Waals surface area contributed by atoms with E-state index in [4.69, 9.17) is 51.5 Å². The summed E-state index contributed by atoms with van der Waals surface area (Å²) in [7, 11) is 0. The van der Waals surface area contributed by atoms with Crippen LogP contribution in [0.15, 0.2) is 9.52 Å². The van der Waals surface area contributed by atoms with Gasteiger partial charge in [-0.1, -0.05) is 48.7 Å². The zero-order valence-corrected chi connectivity index (χ0v) is 10.5. The zero-order chi connectivity index (χ0) is 11.3. The number of hydrogen-bond donors (Lipinski definition) is 1. The van der Waals surface area contributed by atoms with E-state index < -0.39 is 22.2 Å². The molecule has 2 unspecified atom stereocenters. The summed E-state index contributed by atoms with van der Waals surface area (Å²) in [6.07, 6.45) is 0. The van der Waals surface area contributed by atoms with Gasteiger partial charge in [-0.3, -0.25) is 4.79 Å². The SMILES string of the molecule is CC1(C)C(C(=O)O)C1(Cl)C(Cl)=C(Cl)Cl. The molecule has 6 heteroatoms. The minimum atomic E-state index is -1.18. The predicted octanol–water partition coefficient (Wildman–Crippen LogP) is 3.59. The summed E-state index contributed by atoms with van der Waals surface area (Å²) in [4.78, 5) is 9.69. The van der Waals surface area contributed by atoms with Gasteiger partial charge in [-0.05, 0) is 0 Å². The van der Waals surface area contributed by atoms with Crippen LogP contribution in [0.2, 0.25) is 0 Å². The zero-order valence-electron chi connectivity index (χ0n) is 7.44. The molecule has 14 heavy (non-hydrogen) atoms. The van der Waals surface area contributed by atoms with Gasteiger partial charge in [-0.2, -0.15) is 0 Å².